The lowest BCUT2D eigenvalue weighted by Crippen LogP contribution is -2.37. The monoisotopic (exact) mass is 386 g/mol. The van der Waals surface area contributed by atoms with Crippen LogP contribution in [0.1, 0.15) is 35.1 Å². The number of aromatic nitrogens is 5. The maximum Gasteiger partial charge on any atom is 0.208 e. The van der Waals surface area contributed by atoms with E-state index in [-0.39, 0.29) is 5.82 Å². The number of hydrogen-bond acceptors (Lipinski definition) is 6. The highest BCUT2D eigenvalue weighted by Crippen LogP contribution is 2.28. The van der Waals surface area contributed by atoms with Crippen molar-refractivity contribution in [1.82, 2.24) is 25.0 Å². The molecule has 0 radical (unpaired) electrons. The molecule has 6 nitrogen and oxygen atoms in total. The SMILES string of the molecule is Cc1nc(C)n(CC2CCCN(c3nnc(Cc4ccc(F)cc4)s3)C2)n1. The van der Waals surface area contributed by atoms with Crippen molar-refractivity contribution in [2.45, 2.75) is 39.7 Å². The lowest BCUT2D eigenvalue weighted by Gasteiger charge is -2.32. The first kappa shape index (κ1) is 18.0. The normalized spacial score (nSPS) is 17.4. The van der Waals surface area contributed by atoms with Crippen LogP contribution in [0.25, 0.3) is 0 Å². The molecule has 0 amide bonds. The second-order valence-electron chi connectivity index (χ2n) is 7.12. The number of nitrogens with zero attached hydrogens (tertiary/aromatic N) is 6. The van der Waals surface area contributed by atoms with Gasteiger partial charge in [0.15, 0.2) is 0 Å². The number of anilines is 1. The van der Waals surface area contributed by atoms with Gasteiger partial charge in [-0.1, -0.05) is 23.5 Å². The molecule has 8 heteroatoms. The fraction of sp³-hybridized carbons (Fsp3) is 0.474. The Morgan fingerprint density at radius 1 is 1.19 bits per heavy atom. The Morgan fingerprint density at radius 2 is 2.00 bits per heavy atom. The second-order valence-corrected chi connectivity index (χ2v) is 8.16. The first-order chi connectivity index (χ1) is 13.1. The molecule has 0 saturated carbocycles. The van der Waals surface area contributed by atoms with Crippen LogP contribution in [0.3, 0.4) is 0 Å². The summed E-state index contributed by atoms with van der Waals surface area (Å²) in [4.78, 5) is 6.73. The summed E-state index contributed by atoms with van der Waals surface area (Å²) >= 11 is 1.63. The van der Waals surface area contributed by atoms with Crippen LogP contribution in [0.4, 0.5) is 9.52 Å². The third-order valence-corrected chi connectivity index (χ3v) is 5.89. The van der Waals surface area contributed by atoms with Gasteiger partial charge in [-0.05, 0) is 50.3 Å². The summed E-state index contributed by atoms with van der Waals surface area (Å²) < 4.78 is 15.1. The van der Waals surface area contributed by atoms with Crippen molar-refractivity contribution in [2.24, 2.45) is 5.92 Å². The van der Waals surface area contributed by atoms with E-state index in [0.717, 1.165) is 53.4 Å². The first-order valence-electron chi connectivity index (χ1n) is 9.26. The Labute approximate surface area is 162 Å². The van der Waals surface area contributed by atoms with Crippen LogP contribution < -0.4 is 4.90 Å². The molecule has 1 aliphatic heterocycles. The van der Waals surface area contributed by atoms with Gasteiger partial charge in [-0.2, -0.15) is 5.10 Å². The van der Waals surface area contributed by atoms with Crippen molar-refractivity contribution in [3.8, 4) is 0 Å². The van der Waals surface area contributed by atoms with Crippen LogP contribution in [0.2, 0.25) is 0 Å². The summed E-state index contributed by atoms with van der Waals surface area (Å²) in [5.74, 6) is 2.12. The highest BCUT2D eigenvalue weighted by atomic mass is 32.1. The van der Waals surface area contributed by atoms with Crippen molar-refractivity contribution in [3.05, 3.63) is 52.3 Å². The fourth-order valence-electron chi connectivity index (χ4n) is 3.59. The molecular weight excluding hydrogens is 363 g/mol. The minimum absolute atomic E-state index is 0.214. The van der Waals surface area contributed by atoms with E-state index in [0.29, 0.717) is 12.3 Å². The van der Waals surface area contributed by atoms with Crippen molar-refractivity contribution < 1.29 is 4.39 Å². The van der Waals surface area contributed by atoms with Gasteiger partial charge in [0.1, 0.15) is 22.5 Å². The van der Waals surface area contributed by atoms with Crippen LogP contribution in [0, 0.1) is 25.6 Å². The smallest absolute Gasteiger partial charge is 0.208 e. The van der Waals surface area contributed by atoms with E-state index < -0.39 is 0 Å². The number of benzene rings is 1. The molecule has 0 bridgehead atoms. The quantitative estimate of drug-likeness (QED) is 0.673. The molecular formula is C19H23FN6S. The summed E-state index contributed by atoms with van der Waals surface area (Å²) in [6, 6.07) is 6.58. The van der Waals surface area contributed by atoms with E-state index in [1.807, 2.05) is 18.5 Å². The number of aryl methyl sites for hydroxylation is 2. The van der Waals surface area contributed by atoms with Crippen molar-refractivity contribution in [2.75, 3.05) is 18.0 Å². The maximum absolute atomic E-state index is 13.0. The predicted octanol–water partition coefficient (Wildman–Crippen LogP) is 3.39. The van der Waals surface area contributed by atoms with E-state index in [1.54, 1.807) is 23.5 Å². The lowest BCUT2D eigenvalue weighted by molar-refractivity contribution is 0.347. The maximum atomic E-state index is 13.0. The molecule has 1 aromatic carbocycles. The van der Waals surface area contributed by atoms with Crippen LogP contribution in [0.15, 0.2) is 24.3 Å². The van der Waals surface area contributed by atoms with Gasteiger partial charge in [0, 0.05) is 26.1 Å². The number of hydrogen-bond donors (Lipinski definition) is 0. The highest BCUT2D eigenvalue weighted by molar-refractivity contribution is 7.15. The fourth-order valence-corrected chi connectivity index (χ4v) is 4.50. The Kier molecular flexibility index (Phi) is 5.15. The average Bonchev–Trinajstić information content (AvgIpc) is 3.24. The molecule has 0 N–H and O–H groups in total. The highest BCUT2D eigenvalue weighted by Gasteiger charge is 2.24. The van der Waals surface area contributed by atoms with Crippen molar-refractivity contribution in [1.29, 1.82) is 0 Å². The number of piperidine rings is 1. The lowest BCUT2D eigenvalue weighted by atomic mass is 9.98. The number of halogens is 1. The number of rotatable bonds is 5. The van der Waals surface area contributed by atoms with Gasteiger partial charge in [-0.25, -0.2) is 14.1 Å². The zero-order valence-electron chi connectivity index (χ0n) is 15.6. The first-order valence-corrected chi connectivity index (χ1v) is 10.1. The summed E-state index contributed by atoms with van der Waals surface area (Å²) in [7, 11) is 0. The van der Waals surface area contributed by atoms with Gasteiger partial charge in [0.05, 0.1) is 0 Å². The van der Waals surface area contributed by atoms with Gasteiger partial charge in [0.2, 0.25) is 5.13 Å². The van der Waals surface area contributed by atoms with Gasteiger partial charge in [-0.15, -0.1) is 10.2 Å². The van der Waals surface area contributed by atoms with Gasteiger partial charge >= 0.3 is 0 Å². The molecule has 4 rings (SSSR count). The molecule has 3 aromatic rings. The molecule has 1 fully saturated rings. The summed E-state index contributed by atoms with van der Waals surface area (Å²) in [5.41, 5.74) is 1.05. The molecule has 1 saturated heterocycles. The Balaban J connectivity index is 1.40. The topological polar surface area (TPSA) is 59.7 Å². The molecule has 1 atom stereocenters. The van der Waals surface area contributed by atoms with Crippen LogP contribution >= 0.6 is 11.3 Å². The molecule has 0 spiro atoms. The van der Waals surface area contributed by atoms with Crippen LogP contribution in [0.5, 0.6) is 0 Å². The zero-order chi connectivity index (χ0) is 18.8. The predicted molar refractivity (Wildman–Crippen MR) is 104 cm³/mol. The minimum atomic E-state index is -0.214. The van der Waals surface area contributed by atoms with E-state index in [4.69, 9.17) is 0 Å². The van der Waals surface area contributed by atoms with Crippen LogP contribution in [-0.4, -0.2) is 38.1 Å². The molecule has 1 unspecified atom stereocenters. The molecule has 3 heterocycles. The molecule has 27 heavy (non-hydrogen) atoms. The molecule has 1 aliphatic rings. The summed E-state index contributed by atoms with van der Waals surface area (Å²) in [6.45, 7) is 6.80. The third-order valence-electron chi connectivity index (χ3n) is 4.91. The molecule has 142 valence electrons. The molecule has 2 aromatic heterocycles. The third kappa shape index (κ3) is 4.32. The van der Waals surface area contributed by atoms with Gasteiger partial charge in [0.25, 0.3) is 0 Å². The van der Waals surface area contributed by atoms with Crippen molar-refractivity contribution >= 4 is 16.5 Å². The zero-order valence-corrected chi connectivity index (χ0v) is 16.4. The van der Waals surface area contributed by atoms with Gasteiger partial charge < -0.3 is 4.90 Å². The Bertz CT molecular complexity index is 903. The van der Waals surface area contributed by atoms with Crippen LogP contribution in [-0.2, 0) is 13.0 Å². The van der Waals surface area contributed by atoms with E-state index >= 15 is 0 Å². The standard InChI is InChI=1S/C19H23FN6S/c1-13-21-14(2)26(24-13)12-16-4-3-9-25(11-16)19-23-22-18(27-19)10-15-5-7-17(20)8-6-15/h5-8,16H,3-4,9-12H2,1-2H3. The largest absolute Gasteiger partial charge is 0.346 e. The Morgan fingerprint density at radius 3 is 2.74 bits per heavy atom. The van der Waals surface area contributed by atoms with Gasteiger partial charge in [-0.3, -0.25) is 0 Å². The second kappa shape index (κ2) is 7.72. The minimum Gasteiger partial charge on any atom is -0.346 e. The summed E-state index contributed by atoms with van der Waals surface area (Å²) in [6.07, 6.45) is 3.02. The molecule has 0 aliphatic carbocycles. The van der Waals surface area contributed by atoms with E-state index in [2.05, 4.69) is 25.2 Å². The van der Waals surface area contributed by atoms with E-state index in [1.165, 1.54) is 18.6 Å². The van der Waals surface area contributed by atoms with E-state index in [9.17, 15) is 4.39 Å². The Hall–Kier alpha value is -2.35. The summed E-state index contributed by atoms with van der Waals surface area (Å²) in [5, 5.41) is 15.2. The average molecular weight is 387 g/mol. The van der Waals surface area contributed by atoms with Crippen molar-refractivity contribution in [3.63, 3.8) is 0 Å².